The molecule has 1 aromatic carbocycles. The number of ether oxygens (including phenoxy) is 2. The van der Waals surface area contributed by atoms with Crippen LogP contribution in [0.3, 0.4) is 0 Å². The minimum Gasteiger partial charge on any atom is -0.497 e. The van der Waals surface area contributed by atoms with Crippen LogP contribution in [0.1, 0.15) is 6.42 Å². The number of rotatable bonds is 7. The van der Waals surface area contributed by atoms with Crippen molar-refractivity contribution in [2.75, 3.05) is 39.7 Å². The maximum absolute atomic E-state index is 5.29. The molecule has 0 radical (unpaired) electrons. The van der Waals surface area contributed by atoms with Gasteiger partial charge in [-0.3, -0.25) is 0 Å². The van der Waals surface area contributed by atoms with Crippen LogP contribution >= 0.6 is 0 Å². The average Bonchev–Trinajstić information content (AvgIpc) is 2.34. The topological polar surface area (TPSA) is 42.5 Å². The number of nitrogens with one attached hydrogen (secondary N) is 2. The first-order valence-electron chi connectivity index (χ1n) is 5.42. The van der Waals surface area contributed by atoms with Crippen LogP contribution in [0.25, 0.3) is 0 Å². The van der Waals surface area contributed by atoms with E-state index in [-0.39, 0.29) is 0 Å². The van der Waals surface area contributed by atoms with Crippen LogP contribution < -0.4 is 20.1 Å². The van der Waals surface area contributed by atoms with Gasteiger partial charge in [-0.05, 0) is 32.1 Å². The Bertz CT molecular complexity index is 316. The van der Waals surface area contributed by atoms with Gasteiger partial charge in [-0.1, -0.05) is 0 Å². The van der Waals surface area contributed by atoms with Gasteiger partial charge >= 0.3 is 0 Å². The van der Waals surface area contributed by atoms with Crippen LogP contribution in [0.2, 0.25) is 0 Å². The Hall–Kier alpha value is -1.42. The maximum atomic E-state index is 5.29. The SMILES string of the molecule is CNCCCNc1ccc(OC)cc1OC. The lowest BCUT2D eigenvalue weighted by Gasteiger charge is -2.12. The van der Waals surface area contributed by atoms with E-state index in [9.17, 15) is 0 Å². The molecule has 4 heteroatoms. The van der Waals surface area contributed by atoms with E-state index >= 15 is 0 Å². The number of benzene rings is 1. The zero-order chi connectivity index (χ0) is 11.8. The maximum Gasteiger partial charge on any atom is 0.145 e. The summed E-state index contributed by atoms with van der Waals surface area (Å²) in [5.74, 6) is 1.61. The van der Waals surface area contributed by atoms with E-state index in [0.717, 1.165) is 36.7 Å². The monoisotopic (exact) mass is 224 g/mol. The fraction of sp³-hybridized carbons (Fsp3) is 0.500. The molecule has 0 aliphatic heterocycles. The summed E-state index contributed by atoms with van der Waals surface area (Å²) >= 11 is 0. The van der Waals surface area contributed by atoms with E-state index in [1.54, 1.807) is 14.2 Å². The number of methoxy groups -OCH3 is 2. The summed E-state index contributed by atoms with van der Waals surface area (Å²) in [7, 11) is 5.26. The molecule has 16 heavy (non-hydrogen) atoms. The fourth-order valence-electron chi connectivity index (χ4n) is 1.43. The van der Waals surface area contributed by atoms with Gasteiger partial charge in [0.2, 0.25) is 0 Å². The lowest BCUT2D eigenvalue weighted by molar-refractivity contribution is 0.395. The molecule has 0 saturated carbocycles. The van der Waals surface area contributed by atoms with E-state index in [2.05, 4.69) is 10.6 Å². The summed E-state index contributed by atoms with van der Waals surface area (Å²) in [5, 5.41) is 6.44. The smallest absolute Gasteiger partial charge is 0.145 e. The minimum atomic E-state index is 0.803. The Kier molecular flexibility index (Phi) is 5.50. The first-order valence-corrected chi connectivity index (χ1v) is 5.42. The molecule has 1 aromatic rings. The zero-order valence-corrected chi connectivity index (χ0v) is 10.2. The second-order valence-corrected chi connectivity index (χ2v) is 3.45. The first kappa shape index (κ1) is 12.6. The van der Waals surface area contributed by atoms with Crippen LogP contribution in [0.4, 0.5) is 5.69 Å². The van der Waals surface area contributed by atoms with Crippen LogP contribution in [-0.2, 0) is 0 Å². The van der Waals surface area contributed by atoms with Gasteiger partial charge < -0.3 is 20.1 Å². The van der Waals surface area contributed by atoms with Crippen molar-refractivity contribution in [3.63, 3.8) is 0 Å². The molecule has 4 nitrogen and oxygen atoms in total. The van der Waals surface area contributed by atoms with Crippen molar-refractivity contribution in [1.29, 1.82) is 0 Å². The van der Waals surface area contributed by atoms with Crippen molar-refractivity contribution < 1.29 is 9.47 Å². The molecule has 0 amide bonds. The van der Waals surface area contributed by atoms with E-state index in [0.29, 0.717) is 0 Å². The first-order chi connectivity index (χ1) is 7.81. The lowest BCUT2D eigenvalue weighted by atomic mass is 10.2. The number of hydrogen-bond donors (Lipinski definition) is 2. The molecule has 0 bridgehead atoms. The molecule has 0 atom stereocenters. The Labute approximate surface area is 96.9 Å². The molecule has 0 saturated heterocycles. The Morgan fingerprint density at radius 1 is 1.12 bits per heavy atom. The molecule has 0 spiro atoms. The highest BCUT2D eigenvalue weighted by atomic mass is 16.5. The molecular weight excluding hydrogens is 204 g/mol. The molecule has 0 aliphatic carbocycles. The van der Waals surface area contributed by atoms with Gasteiger partial charge in [0.15, 0.2) is 0 Å². The highest BCUT2D eigenvalue weighted by Crippen LogP contribution is 2.28. The van der Waals surface area contributed by atoms with E-state index in [4.69, 9.17) is 9.47 Å². The van der Waals surface area contributed by atoms with Gasteiger partial charge in [0, 0.05) is 12.6 Å². The van der Waals surface area contributed by atoms with Gasteiger partial charge in [0.25, 0.3) is 0 Å². The summed E-state index contributed by atoms with van der Waals surface area (Å²) in [5.41, 5.74) is 0.999. The van der Waals surface area contributed by atoms with Crippen LogP contribution in [0.15, 0.2) is 18.2 Å². The van der Waals surface area contributed by atoms with E-state index in [1.165, 1.54) is 0 Å². The Morgan fingerprint density at radius 2 is 1.94 bits per heavy atom. The van der Waals surface area contributed by atoms with Gasteiger partial charge in [-0.25, -0.2) is 0 Å². The van der Waals surface area contributed by atoms with Crippen molar-refractivity contribution in [1.82, 2.24) is 5.32 Å². The number of hydrogen-bond acceptors (Lipinski definition) is 4. The van der Waals surface area contributed by atoms with Crippen molar-refractivity contribution in [2.45, 2.75) is 6.42 Å². The summed E-state index contributed by atoms with van der Waals surface area (Å²) in [6.07, 6.45) is 1.08. The minimum absolute atomic E-state index is 0.803. The normalized spacial score (nSPS) is 9.94. The summed E-state index contributed by atoms with van der Waals surface area (Å²) in [6.45, 7) is 1.93. The van der Waals surface area contributed by atoms with Crippen molar-refractivity contribution in [3.05, 3.63) is 18.2 Å². The predicted octanol–water partition coefficient (Wildman–Crippen LogP) is 1.73. The molecule has 0 unspecified atom stereocenters. The van der Waals surface area contributed by atoms with Crippen molar-refractivity contribution in [3.8, 4) is 11.5 Å². The quantitative estimate of drug-likeness (QED) is 0.692. The fourth-order valence-corrected chi connectivity index (χ4v) is 1.43. The third-order valence-electron chi connectivity index (χ3n) is 2.33. The molecule has 0 heterocycles. The largest absolute Gasteiger partial charge is 0.497 e. The summed E-state index contributed by atoms with van der Waals surface area (Å²) < 4.78 is 10.4. The van der Waals surface area contributed by atoms with Gasteiger partial charge in [0.1, 0.15) is 11.5 Å². The van der Waals surface area contributed by atoms with Crippen molar-refractivity contribution in [2.24, 2.45) is 0 Å². The zero-order valence-electron chi connectivity index (χ0n) is 10.2. The Morgan fingerprint density at radius 3 is 2.56 bits per heavy atom. The van der Waals surface area contributed by atoms with Crippen LogP contribution in [-0.4, -0.2) is 34.4 Å². The van der Waals surface area contributed by atoms with Crippen molar-refractivity contribution >= 4 is 5.69 Å². The molecule has 0 fully saturated rings. The molecule has 0 aromatic heterocycles. The summed E-state index contributed by atoms with van der Waals surface area (Å²) in [4.78, 5) is 0. The van der Waals surface area contributed by atoms with Gasteiger partial charge in [0.05, 0.1) is 19.9 Å². The molecule has 0 aliphatic rings. The predicted molar refractivity (Wildman–Crippen MR) is 66.6 cm³/mol. The van der Waals surface area contributed by atoms with E-state index < -0.39 is 0 Å². The Balaban J connectivity index is 2.57. The lowest BCUT2D eigenvalue weighted by Crippen LogP contribution is -2.13. The second kappa shape index (κ2) is 6.95. The van der Waals surface area contributed by atoms with Crippen LogP contribution in [0, 0.1) is 0 Å². The standard InChI is InChI=1S/C12H20N2O2/c1-13-7-4-8-14-11-6-5-10(15-2)9-12(11)16-3/h5-6,9,13-14H,4,7-8H2,1-3H3. The van der Waals surface area contributed by atoms with E-state index in [1.807, 2.05) is 25.2 Å². The average molecular weight is 224 g/mol. The molecule has 1 rings (SSSR count). The molecule has 2 N–H and O–H groups in total. The second-order valence-electron chi connectivity index (χ2n) is 3.45. The molecule has 90 valence electrons. The van der Waals surface area contributed by atoms with Gasteiger partial charge in [-0.15, -0.1) is 0 Å². The highest BCUT2D eigenvalue weighted by molar-refractivity contribution is 5.59. The third-order valence-corrected chi connectivity index (χ3v) is 2.33. The van der Waals surface area contributed by atoms with Crippen LogP contribution in [0.5, 0.6) is 11.5 Å². The molecular formula is C12H20N2O2. The third kappa shape index (κ3) is 3.62. The summed E-state index contributed by atoms with van der Waals surface area (Å²) in [6, 6.07) is 5.76. The number of anilines is 1. The van der Waals surface area contributed by atoms with Gasteiger partial charge in [-0.2, -0.15) is 0 Å². The highest BCUT2D eigenvalue weighted by Gasteiger charge is 2.03.